The second-order valence-electron chi connectivity index (χ2n) is 1.70. The Labute approximate surface area is 63.0 Å². The van der Waals surface area contributed by atoms with Gasteiger partial charge in [-0.25, -0.2) is 0 Å². The van der Waals surface area contributed by atoms with Crippen molar-refractivity contribution < 1.29 is 4.74 Å². The van der Waals surface area contributed by atoms with Crippen LogP contribution in [0.4, 0.5) is 0 Å². The molecular formula is C5H9N3OS. The highest BCUT2D eigenvalue weighted by Gasteiger charge is 1.93. The largest absolute Gasteiger partial charge is 0.469 e. The van der Waals surface area contributed by atoms with Crippen molar-refractivity contribution in [2.24, 2.45) is 5.73 Å². The quantitative estimate of drug-likeness (QED) is 0.640. The first-order valence-corrected chi connectivity index (χ1v) is 3.90. The fourth-order valence-corrected chi connectivity index (χ4v) is 0.899. The first-order chi connectivity index (χ1) is 4.93. The standard InChI is InChI=1S/C5H9N3OS/c6-2-1-3-9-5-8-7-4-10-5/h4H,1-3,6H2. The predicted molar refractivity (Wildman–Crippen MR) is 39.1 cm³/mol. The molecule has 0 bridgehead atoms. The Bertz CT molecular complexity index is 165. The van der Waals surface area contributed by atoms with Gasteiger partial charge in [0, 0.05) is 0 Å². The maximum Gasteiger partial charge on any atom is 0.293 e. The van der Waals surface area contributed by atoms with E-state index in [4.69, 9.17) is 10.5 Å². The predicted octanol–water partition coefficient (Wildman–Crippen LogP) is 0.266. The van der Waals surface area contributed by atoms with Crippen LogP contribution in [-0.4, -0.2) is 23.3 Å². The summed E-state index contributed by atoms with van der Waals surface area (Å²) in [4.78, 5) is 0. The van der Waals surface area contributed by atoms with Crippen molar-refractivity contribution in [3.63, 3.8) is 0 Å². The van der Waals surface area contributed by atoms with Crippen molar-refractivity contribution >= 4 is 11.3 Å². The summed E-state index contributed by atoms with van der Waals surface area (Å²) in [6.07, 6.45) is 0.861. The van der Waals surface area contributed by atoms with Gasteiger partial charge in [-0.05, 0) is 13.0 Å². The van der Waals surface area contributed by atoms with E-state index < -0.39 is 0 Å². The number of aromatic nitrogens is 2. The van der Waals surface area contributed by atoms with Gasteiger partial charge < -0.3 is 10.5 Å². The van der Waals surface area contributed by atoms with E-state index in [1.54, 1.807) is 5.51 Å². The molecule has 10 heavy (non-hydrogen) atoms. The lowest BCUT2D eigenvalue weighted by Gasteiger charge is -1.97. The van der Waals surface area contributed by atoms with E-state index in [0.29, 0.717) is 18.3 Å². The number of nitrogens with two attached hydrogens (primary N) is 1. The van der Waals surface area contributed by atoms with Crippen LogP contribution in [0.1, 0.15) is 6.42 Å². The maximum atomic E-state index is 5.26. The van der Waals surface area contributed by atoms with E-state index in [0.717, 1.165) is 6.42 Å². The lowest BCUT2D eigenvalue weighted by Crippen LogP contribution is -2.05. The van der Waals surface area contributed by atoms with Gasteiger partial charge in [-0.2, -0.15) is 0 Å². The highest BCUT2D eigenvalue weighted by atomic mass is 32.1. The van der Waals surface area contributed by atoms with E-state index in [1.807, 2.05) is 0 Å². The second-order valence-corrected chi connectivity index (χ2v) is 2.49. The van der Waals surface area contributed by atoms with Crippen molar-refractivity contribution in [3.05, 3.63) is 5.51 Å². The number of hydrogen-bond donors (Lipinski definition) is 1. The highest BCUT2D eigenvalue weighted by Crippen LogP contribution is 2.10. The fraction of sp³-hybridized carbons (Fsp3) is 0.600. The molecule has 5 heteroatoms. The molecule has 0 spiro atoms. The molecule has 0 fully saturated rings. The number of rotatable bonds is 4. The van der Waals surface area contributed by atoms with Crippen LogP contribution in [0, 0.1) is 0 Å². The third-order valence-electron chi connectivity index (χ3n) is 0.914. The van der Waals surface area contributed by atoms with Crippen LogP contribution in [0.15, 0.2) is 5.51 Å². The Kier molecular flexibility index (Phi) is 3.11. The normalized spacial score (nSPS) is 9.70. The molecule has 0 amide bonds. The average Bonchev–Trinajstić information content (AvgIpc) is 2.41. The van der Waals surface area contributed by atoms with Crippen LogP contribution >= 0.6 is 11.3 Å². The molecule has 2 N–H and O–H groups in total. The zero-order valence-corrected chi connectivity index (χ0v) is 6.30. The molecule has 0 aliphatic carbocycles. The van der Waals surface area contributed by atoms with Gasteiger partial charge in [0.1, 0.15) is 5.51 Å². The zero-order valence-electron chi connectivity index (χ0n) is 5.49. The SMILES string of the molecule is NCCCOc1nncs1. The summed E-state index contributed by atoms with van der Waals surface area (Å²) in [7, 11) is 0. The van der Waals surface area contributed by atoms with Crippen molar-refractivity contribution in [3.8, 4) is 5.19 Å². The van der Waals surface area contributed by atoms with Gasteiger partial charge in [0.15, 0.2) is 0 Å². The van der Waals surface area contributed by atoms with Gasteiger partial charge in [-0.15, -0.1) is 10.2 Å². The van der Waals surface area contributed by atoms with Crippen molar-refractivity contribution in [2.75, 3.05) is 13.2 Å². The minimum Gasteiger partial charge on any atom is -0.469 e. The third-order valence-corrected chi connectivity index (χ3v) is 1.51. The molecule has 4 nitrogen and oxygen atoms in total. The van der Waals surface area contributed by atoms with Crippen molar-refractivity contribution in [1.82, 2.24) is 10.2 Å². The number of hydrogen-bond acceptors (Lipinski definition) is 5. The van der Waals surface area contributed by atoms with Gasteiger partial charge in [-0.3, -0.25) is 0 Å². The molecule has 0 atom stereocenters. The monoisotopic (exact) mass is 159 g/mol. The molecule has 0 aliphatic heterocycles. The van der Waals surface area contributed by atoms with Gasteiger partial charge in [0.25, 0.3) is 5.19 Å². The minimum absolute atomic E-state index is 0.619. The Hall–Kier alpha value is -0.680. The highest BCUT2D eigenvalue weighted by molar-refractivity contribution is 7.11. The van der Waals surface area contributed by atoms with Crippen LogP contribution in [0.5, 0.6) is 5.19 Å². The van der Waals surface area contributed by atoms with Crippen LogP contribution in [-0.2, 0) is 0 Å². The molecule has 0 aromatic carbocycles. The van der Waals surface area contributed by atoms with Crippen LogP contribution in [0.2, 0.25) is 0 Å². The van der Waals surface area contributed by atoms with Crippen molar-refractivity contribution in [1.29, 1.82) is 0 Å². The first kappa shape index (κ1) is 7.43. The molecule has 0 aliphatic rings. The van der Waals surface area contributed by atoms with E-state index in [1.165, 1.54) is 11.3 Å². The van der Waals surface area contributed by atoms with E-state index in [2.05, 4.69) is 10.2 Å². The molecule has 1 heterocycles. The summed E-state index contributed by atoms with van der Waals surface area (Å²) in [5, 5.41) is 7.93. The average molecular weight is 159 g/mol. The van der Waals surface area contributed by atoms with Gasteiger partial charge in [-0.1, -0.05) is 11.3 Å². The van der Waals surface area contributed by atoms with Gasteiger partial charge in [0.05, 0.1) is 6.61 Å². The Morgan fingerprint density at radius 2 is 2.60 bits per heavy atom. The van der Waals surface area contributed by atoms with Crippen LogP contribution in [0.25, 0.3) is 0 Å². The summed E-state index contributed by atoms with van der Waals surface area (Å²) in [6.45, 7) is 1.28. The van der Waals surface area contributed by atoms with E-state index in [9.17, 15) is 0 Å². The molecule has 56 valence electrons. The number of nitrogens with zero attached hydrogens (tertiary/aromatic N) is 2. The lowest BCUT2D eigenvalue weighted by atomic mass is 10.5. The summed E-state index contributed by atoms with van der Waals surface area (Å²) in [5.41, 5.74) is 6.89. The Balaban J connectivity index is 2.15. The summed E-state index contributed by atoms with van der Waals surface area (Å²) in [5.74, 6) is 0. The first-order valence-electron chi connectivity index (χ1n) is 3.02. The van der Waals surface area contributed by atoms with Crippen LogP contribution in [0.3, 0.4) is 0 Å². The molecular weight excluding hydrogens is 150 g/mol. The van der Waals surface area contributed by atoms with Crippen LogP contribution < -0.4 is 10.5 Å². The second kappa shape index (κ2) is 4.19. The molecule has 1 aromatic heterocycles. The molecule has 0 unspecified atom stereocenters. The molecule has 0 saturated heterocycles. The Morgan fingerprint density at radius 1 is 1.70 bits per heavy atom. The van der Waals surface area contributed by atoms with Crippen molar-refractivity contribution in [2.45, 2.75) is 6.42 Å². The molecule has 1 rings (SSSR count). The summed E-state index contributed by atoms with van der Waals surface area (Å²) < 4.78 is 5.15. The summed E-state index contributed by atoms with van der Waals surface area (Å²) >= 11 is 1.39. The topological polar surface area (TPSA) is 61.0 Å². The molecule has 0 radical (unpaired) electrons. The van der Waals surface area contributed by atoms with Gasteiger partial charge in [0.2, 0.25) is 0 Å². The lowest BCUT2D eigenvalue weighted by molar-refractivity contribution is 0.309. The molecule has 1 aromatic rings. The zero-order chi connectivity index (χ0) is 7.23. The number of ether oxygens (including phenoxy) is 1. The minimum atomic E-state index is 0.619. The molecule has 0 saturated carbocycles. The van der Waals surface area contributed by atoms with E-state index >= 15 is 0 Å². The van der Waals surface area contributed by atoms with Gasteiger partial charge >= 0.3 is 0 Å². The summed E-state index contributed by atoms with van der Waals surface area (Å²) in [6, 6.07) is 0. The van der Waals surface area contributed by atoms with E-state index in [-0.39, 0.29) is 0 Å². The maximum absolute atomic E-state index is 5.26. The Morgan fingerprint density at radius 3 is 3.20 bits per heavy atom. The smallest absolute Gasteiger partial charge is 0.293 e. The fourth-order valence-electron chi connectivity index (χ4n) is 0.469. The third kappa shape index (κ3) is 2.28.